The Balaban J connectivity index is 1.35. The summed E-state index contributed by atoms with van der Waals surface area (Å²) in [6.07, 6.45) is 1.05. The number of carbonyl (C=O) groups is 1. The Labute approximate surface area is 171 Å². The second-order valence-electron chi connectivity index (χ2n) is 7.42. The van der Waals surface area contributed by atoms with E-state index in [1.165, 1.54) is 0 Å². The average Bonchev–Trinajstić information content (AvgIpc) is 3.24. The predicted molar refractivity (Wildman–Crippen MR) is 111 cm³/mol. The second-order valence-corrected chi connectivity index (χ2v) is 7.86. The number of piperazine rings is 1. The van der Waals surface area contributed by atoms with Crippen molar-refractivity contribution < 1.29 is 9.53 Å². The first-order valence-electron chi connectivity index (χ1n) is 9.90. The average molecular weight is 400 g/mol. The van der Waals surface area contributed by atoms with E-state index in [0.29, 0.717) is 29.0 Å². The summed E-state index contributed by atoms with van der Waals surface area (Å²) in [5.74, 6) is 0.799. The summed E-state index contributed by atoms with van der Waals surface area (Å²) < 4.78 is 5.87. The molecule has 0 saturated carbocycles. The second kappa shape index (κ2) is 8.95. The van der Waals surface area contributed by atoms with Gasteiger partial charge in [0.05, 0.1) is 0 Å². The van der Waals surface area contributed by atoms with Crippen molar-refractivity contribution in [3.8, 4) is 5.75 Å². The van der Waals surface area contributed by atoms with E-state index in [1.807, 2.05) is 53.4 Å². The summed E-state index contributed by atoms with van der Waals surface area (Å²) in [4.78, 5) is 17.5. The lowest BCUT2D eigenvalue weighted by Gasteiger charge is -2.32. The molecule has 0 radical (unpaired) electrons. The van der Waals surface area contributed by atoms with Crippen LogP contribution in [0.4, 0.5) is 0 Å². The fraction of sp³-hybridized carbons (Fsp3) is 0.409. The van der Waals surface area contributed by atoms with Gasteiger partial charge in [0.15, 0.2) is 0 Å². The SMILES string of the molecule is O=C(c1cccc(OCc2ccc(Cl)cc2)c1)N1CCC(N2CCNCC2)C1. The molecule has 0 aliphatic carbocycles. The van der Waals surface area contributed by atoms with E-state index >= 15 is 0 Å². The molecule has 148 valence electrons. The molecule has 2 saturated heterocycles. The summed E-state index contributed by atoms with van der Waals surface area (Å²) >= 11 is 5.92. The maximum absolute atomic E-state index is 13.0. The molecule has 0 spiro atoms. The van der Waals surface area contributed by atoms with Gasteiger partial charge in [-0.3, -0.25) is 9.69 Å². The highest BCUT2D eigenvalue weighted by molar-refractivity contribution is 6.30. The summed E-state index contributed by atoms with van der Waals surface area (Å²) in [6, 6.07) is 15.6. The van der Waals surface area contributed by atoms with Crippen LogP contribution in [0.15, 0.2) is 48.5 Å². The Hall–Kier alpha value is -2.08. The third-order valence-electron chi connectivity index (χ3n) is 5.52. The molecular weight excluding hydrogens is 374 g/mol. The Morgan fingerprint density at radius 3 is 2.68 bits per heavy atom. The number of rotatable bonds is 5. The van der Waals surface area contributed by atoms with Crippen molar-refractivity contribution in [2.45, 2.75) is 19.1 Å². The van der Waals surface area contributed by atoms with Crippen LogP contribution in [0.3, 0.4) is 0 Å². The van der Waals surface area contributed by atoms with Crippen LogP contribution in [-0.2, 0) is 6.61 Å². The van der Waals surface area contributed by atoms with Gasteiger partial charge in [0.25, 0.3) is 5.91 Å². The number of likely N-dealkylation sites (tertiary alicyclic amines) is 1. The van der Waals surface area contributed by atoms with Crippen molar-refractivity contribution in [1.29, 1.82) is 0 Å². The minimum absolute atomic E-state index is 0.0922. The van der Waals surface area contributed by atoms with Gasteiger partial charge in [-0.15, -0.1) is 0 Å². The zero-order valence-corrected chi connectivity index (χ0v) is 16.7. The largest absolute Gasteiger partial charge is 0.489 e. The van der Waals surface area contributed by atoms with Crippen LogP contribution in [-0.4, -0.2) is 61.0 Å². The molecule has 2 fully saturated rings. The minimum Gasteiger partial charge on any atom is -0.489 e. The van der Waals surface area contributed by atoms with E-state index in [4.69, 9.17) is 16.3 Å². The van der Waals surface area contributed by atoms with Crippen LogP contribution in [0.25, 0.3) is 0 Å². The molecule has 2 aliphatic rings. The third-order valence-corrected chi connectivity index (χ3v) is 5.77. The van der Waals surface area contributed by atoms with Crippen molar-refractivity contribution >= 4 is 17.5 Å². The first-order valence-corrected chi connectivity index (χ1v) is 10.3. The monoisotopic (exact) mass is 399 g/mol. The lowest BCUT2D eigenvalue weighted by atomic mass is 10.2. The molecule has 2 aromatic rings. The van der Waals surface area contributed by atoms with Crippen LogP contribution in [0.5, 0.6) is 5.75 Å². The van der Waals surface area contributed by atoms with Gasteiger partial charge in [-0.05, 0) is 42.3 Å². The van der Waals surface area contributed by atoms with Gasteiger partial charge in [0.2, 0.25) is 0 Å². The lowest BCUT2D eigenvalue weighted by molar-refractivity contribution is 0.0773. The molecule has 2 heterocycles. The molecule has 1 atom stereocenters. The number of halogens is 1. The quantitative estimate of drug-likeness (QED) is 0.839. The highest BCUT2D eigenvalue weighted by Gasteiger charge is 2.31. The van der Waals surface area contributed by atoms with Crippen molar-refractivity contribution in [3.63, 3.8) is 0 Å². The van der Waals surface area contributed by atoms with Crippen LogP contribution < -0.4 is 10.1 Å². The van der Waals surface area contributed by atoms with Gasteiger partial charge in [-0.25, -0.2) is 0 Å². The van der Waals surface area contributed by atoms with Gasteiger partial charge in [0.1, 0.15) is 12.4 Å². The van der Waals surface area contributed by atoms with E-state index < -0.39 is 0 Å². The highest BCUT2D eigenvalue weighted by Crippen LogP contribution is 2.21. The number of benzene rings is 2. The van der Waals surface area contributed by atoms with E-state index in [9.17, 15) is 4.79 Å². The van der Waals surface area contributed by atoms with Crippen LogP contribution >= 0.6 is 11.6 Å². The molecule has 1 amide bonds. The molecule has 6 heteroatoms. The molecule has 5 nitrogen and oxygen atoms in total. The first kappa shape index (κ1) is 19.2. The Morgan fingerprint density at radius 1 is 1.11 bits per heavy atom. The Morgan fingerprint density at radius 2 is 1.89 bits per heavy atom. The third kappa shape index (κ3) is 4.66. The Kier molecular flexibility index (Phi) is 6.15. The van der Waals surface area contributed by atoms with Gasteiger partial charge in [-0.2, -0.15) is 0 Å². The zero-order chi connectivity index (χ0) is 19.3. The molecule has 0 aromatic heterocycles. The number of ether oxygens (including phenoxy) is 1. The number of hydrogen-bond acceptors (Lipinski definition) is 4. The van der Waals surface area contributed by atoms with Crippen LogP contribution in [0, 0.1) is 0 Å². The number of nitrogens with one attached hydrogen (secondary N) is 1. The van der Waals surface area contributed by atoms with E-state index in [1.54, 1.807) is 0 Å². The van der Waals surface area contributed by atoms with Crippen LogP contribution in [0.1, 0.15) is 22.3 Å². The summed E-state index contributed by atoms with van der Waals surface area (Å²) in [7, 11) is 0. The van der Waals surface area contributed by atoms with Crippen molar-refractivity contribution in [2.75, 3.05) is 39.3 Å². The lowest BCUT2D eigenvalue weighted by Crippen LogP contribution is -2.49. The standard InChI is InChI=1S/C22H26ClN3O2/c23-19-6-4-17(5-7-19)16-28-21-3-1-2-18(14-21)22(27)26-11-8-20(15-26)25-12-9-24-10-13-25/h1-7,14,20,24H,8-13,15-16H2. The molecule has 1 unspecified atom stereocenters. The topological polar surface area (TPSA) is 44.8 Å². The number of nitrogens with zero attached hydrogens (tertiary/aromatic N) is 2. The van der Waals surface area contributed by atoms with E-state index in [-0.39, 0.29) is 5.91 Å². The molecule has 4 rings (SSSR count). The molecule has 1 N–H and O–H groups in total. The van der Waals surface area contributed by atoms with Crippen molar-refractivity contribution in [1.82, 2.24) is 15.1 Å². The van der Waals surface area contributed by atoms with Gasteiger partial charge in [-0.1, -0.05) is 29.8 Å². The first-order chi connectivity index (χ1) is 13.7. The van der Waals surface area contributed by atoms with Gasteiger partial charge >= 0.3 is 0 Å². The summed E-state index contributed by atoms with van der Waals surface area (Å²) in [5.41, 5.74) is 1.73. The van der Waals surface area contributed by atoms with E-state index in [2.05, 4.69) is 10.2 Å². The van der Waals surface area contributed by atoms with Crippen molar-refractivity contribution in [2.24, 2.45) is 0 Å². The zero-order valence-electron chi connectivity index (χ0n) is 15.9. The predicted octanol–water partition coefficient (Wildman–Crippen LogP) is 3.04. The fourth-order valence-corrected chi connectivity index (χ4v) is 4.05. The maximum atomic E-state index is 13.0. The number of carbonyl (C=O) groups excluding carboxylic acids is 1. The molecule has 28 heavy (non-hydrogen) atoms. The number of amides is 1. The summed E-state index contributed by atoms with van der Waals surface area (Å²) in [6.45, 7) is 6.30. The fourth-order valence-electron chi connectivity index (χ4n) is 3.92. The Bertz CT molecular complexity index is 806. The van der Waals surface area contributed by atoms with Crippen LogP contribution in [0.2, 0.25) is 5.02 Å². The molecular formula is C22H26ClN3O2. The van der Waals surface area contributed by atoms with E-state index in [0.717, 1.165) is 51.3 Å². The number of hydrogen-bond donors (Lipinski definition) is 1. The molecule has 2 aliphatic heterocycles. The van der Waals surface area contributed by atoms with Gasteiger partial charge in [0, 0.05) is 55.9 Å². The summed E-state index contributed by atoms with van der Waals surface area (Å²) in [5, 5.41) is 4.10. The normalized spacial score (nSPS) is 20.3. The molecule has 0 bridgehead atoms. The minimum atomic E-state index is 0.0922. The van der Waals surface area contributed by atoms with Crippen molar-refractivity contribution in [3.05, 3.63) is 64.7 Å². The smallest absolute Gasteiger partial charge is 0.254 e. The molecule has 2 aromatic carbocycles. The van der Waals surface area contributed by atoms with Gasteiger partial charge < -0.3 is 15.0 Å². The maximum Gasteiger partial charge on any atom is 0.254 e. The highest BCUT2D eigenvalue weighted by atomic mass is 35.5.